The summed E-state index contributed by atoms with van der Waals surface area (Å²) < 4.78 is 2.14. The minimum absolute atomic E-state index is 0.218. The van der Waals surface area contributed by atoms with Crippen molar-refractivity contribution in [3.63, 3.8) is 0 Å². The lowest BCUT2D eigenvalue weighted by molar-refractivity contribution is 0.163. The van der Waals surface area contributed by atoms with Gasteiger partial charge in [0, 0.05) is 30.8 Å². The summed E-state index contributed by atoms with van der Waals surface area (Å²) >= 11 is 0. The molecule has 0 spiro atoms. The predicted molar refractivity (Wildman–Crippen MR) is 96.3 cm³/mol. The van der Waals surface area contributed by atoms with Crippen LogP contribution in [0.25, 0.3) is 11.4 Å². The fourth-order valence-corrected chi connectivity index (χ4v) is 3.21. The normalized spacial score (nSPS) is 15.5. The maximum Gasteiger partial charge on any atom is 0.319 e. The second-order valence-electron chi connectivity index (χ2n) is 6.80. The van der Waals surface area contributed by atoms with Gasteiger partial charge < -0.3 is 20.3 Å². The molecule has 0 aliphatic carbocycles. The molecule has 1 aliphatic heterocycles. The number of nitrogens with one attached hydrogen (secondary N) is 2. The van der Waals surface area contributed by atoms with Gasteiger partial charge in [-0.05, 0) is 37.8 Å². The van der Waals surface area contributed by atoms with Gasteiger partial charge in [0.2, 0.25) is 0 Å². The van der Waals surface area contributed by atoms with E-state index in [1.165, 1.54) is 0 Å². The Bertz CT molecular complexity index is 741. The van der Waals surface area contributed by atoms with Crippen LogP contribution in [0.15, 0.2) is 24.3 Å². The number of nitrogens with zero attached hydrogens (tertiary/aromatic N) is 3. The molecule has 0 radical (unpaired) electrons. The summed E-state index contributed by atoms with van der Waals surface area (Å²) in [6.45, 7) is 5.22. The van der Waals surface area contributed by atoms with Crippen LogP contribution >= 0.6 is 0 Å². The van der Waals surface area contributed by atoms with Gasteiger partial charge in [0.05, 0.1) is 6.10 Å². The van der Waals surface area contributed by atoms with E-state index in [-0.39, 0.29) is 18.1 Å². The fraction of sp³-hybridized carbons (Fsp3) is 0.500. The largest absolute Gasteiger partial charge is 0.393 e. The van der Waals surface area contributed by atoms with Crippen molar-refractivity contribution in [2.24, 2.45) is 5.92 Å². The second-order valence-corrected chi connectivity index (χ2v) is 6.80. The minimum Gasteiger partial charge on any atom is -0.393 e. The van der Waals surface area contributed by atoms with Crippen molar-refractivity contribution in [3.05, 3.63) is 30.1 Å². The van der Waals surface area contributed by atoms with Gasteiger partial charge in [-0.1, -0.05) is 19.1 Å². The SMILES string of the molecule is CC(O)CC(C)CNC(=O)Nc1cccc(-c2nnc3n2CCC3)c1. The highest BCUT2D eigenvalue weighted by Gasteiger charge is 2.18. The highest BCUT2D eigenvalue weighted by Crippen LogP contribution is 2.25. The van der Waals surface area contributed by atoms with E-state index in [0.717, 1.165) is 36.6 Å². The molecule has 2 atom stereocenters. The summed E-state index contributed by atoms with van der Waals surface area (Å²) in [5.74, 6) is 2.09. The van der Waals surface area contributed by atoms with Crippen molar-refractivity contribution < 1.29 is 9.90 Å². The number of aliphatic hydroxyl groups is 1. The average Bonchev–Trinajstić information content (AvgIpc) is 3.15. The zero-order valence-electron chi connectivity index (χ0n) is 14.7. The van der Waals surface area contributed by atoms with Gasteiger partial charge in [-0.25, -0.2) is 4.79 Å². The van der Waals surface area contributed by atoms with Crippen molar-refractivity contribution >= 4 is 11.7 Å². The molecule has 134 valence electrons. The molecule has 0 saturated heterocycles. The van der Waals surface area contributed by atoms with Crippen LogP contribution in [0, 0.1) is 5.92 Å². The number of benzene rings is 1. The summed E-state index contributed by atoms with van der Waals surface area (Å²) in [7, 11) is 0. The molecule has 1 aliphatic rings. The Hall–Kier alpha value is -2.41. The standard InChI is InChI=1S/C18H25N5O2/c1-12(9-13(2)24)11-19-18(25)20-15-6-3-5-14(10-15)17-22-21-16-7-4-8-23(16)17/h3,5-6,10,12-13,24H,4,7-9,11H2,1-2H3,(H2,19,20,25). The van der Waals surface area contributed by atoms with E-state index in [9.17, 15) is 9.90 Å². The third-order valence-corrected chi connectivity index (χ3v) is 4.34. The van der Waals surface area contributed by atoms with Crippen LogP contribution in [0.2, 0.25) is 0 Å². The molecule has 7 nitrogen and oxygen atoms in total. The number of urea groups is 1. The predicted octanol–water partition coefficient (Wildman–Crippen LogP) is 2.42. The van der Waals surface area contributed by atoms with Gasteiger partial charge >= 0.3 is 6.03 Å². The van der Waals surface area contributed by atoms with Crippen LogP contribution < -0.4 is 10.6 Å². The Balaban J connectivity index is 1.61. The summed E-state index contributed by atoms with van der Waals surface area (Å²) in [5, 5.41) is 23.6. The number of rotatable bonds is 6. The van der Waals surface area contributed by atoms with Gasteiger partial charge in [0.15, 0.2) is 5.82 Å². The zero-order chi connectivity index (χ0) is 17.8. The average molecular weight is 343 g/mol. The number of aromatic nitrogens is 3. The fourth-order valence-electron chi connectivity index (χ4n) is 3.21. The number of aryl methyl sites for hydroxylation is 1. The molecule has 3 rings (SSSR count). The smallest absolute Gasteiger partial charge is 0.319 e. The number of fused-ring (bicyclic) bond motifs is 1. The Labute approximate surface area is 147 Å². The number of amides is 2. The molecule has 2 aromatic rings. The van der Waals surface area contributed by atoms with E-state index in [2.05, 4.69) is 25.4 Å². The second kappa shape index (κ2) is 7.65. The van der Waals surface area contributed by atoms with Gasteiger partial charge in [0.1, 0.15) is 5.82 Å². The van der Waals surface area contributed by atoms with Gasteiger partial charge in [-0.15, -0.1) is 10.2 Å². The highest BCUT2D eigenvalue weighted by molar-refractivity contribution is 5.89. The molecule has 1 aromatic carbocycles. The van der Waals surface area contributed by atoms with E-state index in [1.807, 2.05) is 31.2 Å². The quantitative estimate of drug-likeness (QED) is 0.751. The van der Waals surface area contributed by atoms with E-state index in [4.69, 9.17) is 0 Å². The van der Waals surface area contributed by atoms with Crippen molar-refractivity contribution in [1.29, 1.82) is 0 Å². The molecule has 0 saturated carbocycles. The molecule has 2 unspecified atom stereocenters. The molecule has 0 bridgehead atoms. The molecule has 7 heteroatoms. The molecule has 2 heterocycles. The Morgan fingerprint density at radius 2 is 2.20 bits per heavy atom. The summed E-state index contributed by atoms with van der Waals surface area (Å²) in [6.07, 6.45) is 2.37. The number of hydrogen-bond donors (Lipinski definition) is 3. The molecule has 0 fully saturated rings. The van der Waals surface area contributed by atoms with Crippen LogP contribution in [-0.2, 0) is 13.0 Å². The zero-order valence-corrected chi connectivity index (χ0v) is 14.7. The Kier molecular flexibility index (Phi) is 5.33. The van der Waals surface area contributed by atoms with Crippen LogP contribution in [0.1, 0.15) is 32.5 Å². The van der Waals surface area contributed by atoms with E-state index in [1.54, 1.807) is 6.92 Å². The molecular weight excluding hydrogens is 318 g/mol. The maximum absolute atomic E-state index is 12.1. The van der Waals surface area contributed by atoms with E-state index < -0.39 is 0 Å². The number of carbonyl (C=O) groups is 1. The van der Waals surface area contributed by atoms with Gasteiger partial charge in [0.25, 0.3) is 0 Å². The first-order valence-electron chi connectivity index (χ1n) is 8.78. The van der Waals surface area contributed by atoms with Crippen LogP contribution in [0.4, 0.5) is 10.5 Å². The van der Waals surface area contributed by atoms with Crippen LogP contribution in [0.5, 0.6) is 0 Å². The van der Waals surface area contributed by atoms with Gasteiger partial charge in [-0.2, -0.15) is 0 Å². The number of anilines is 1. The summed E-state index contributed by atoms with van der Waals surface area (Å²) in [6, 6.07) is 7.39. The molecule has 25 heavy (non-hydrogen) atoms. The minimum atomic E-state index is -0.360. The molecule has 3 N–H and O–H groups in total. The first-order chi connectivity index (χ1) is 12.0. The Morgan fingerprint density at radius 1 is 1.36 bits per heavy atom. The lowest BCUT2D eigenvalue weighted by Crippen LogP contribution is -2.33. The van der Waals surface area contributed by atoms with Crippen molar-refractivity contribution in [2.75, 3.05) is 11.9 Å². The monoisotopic (exact) mass is 343 g/mol. The summed E-state index contributed by atoms with van der Waals surface area (Å²) in [5.41, 5.74) is 1.66. The third-order valence-electron chi connectivity index (χ3n) is 4.34. The van der Waals surface area contributed by atoms with E-state index >= 15 is 0 Å². The summed E-state index contributed by atoms with van der Waals surface area (Å²) in [4.78, 5) is 12.1. The maximum atomic E-state index is 12.1. The van der Waals surface area contributed by atoms with Crippen LogP contribution in [-0.4, -0.2) is 38.6 Å². The number of carbonyl (C=O) groups excluding carboxylic acids is 1. The lowest BCUT2D eigenvalue weighted by Gasteiger charge is -2.15. The third kappa shape index (κ3) is 4.36. The molecule has 2 amide bonds. The lowest BCUT2D eigenvalue weighted by atomic mass is 10.1. The van der Waals surface area contributed by atoms with Crippen molar-refractivity contribution in [2.45, 2.75) is 45.8 Å². The first-order valence-corrected chi connectivity index (χ1v) is 8.78. The van der Waals surface area contributed by atoms with Crippen molar-refractivity contribution in [1.82, 2.24) is 20.1 Å². The number of aliphatic hydroxyl groups excluding tert-OH is 1. The topological polar surface area (TPSA) is 92.1 Å². The molecule has 1 aromatic heterocycles. The van der Waals surface area contributed by atoms with Gasteiger partial charge in [-0.3, -0.25) is 0 Å². The highest BCUT2D eigenvalue weighted by atomic mass is 16.3. The Morgan fingerprint density at radius 3 is 3.00 bits per heavy atom. The number of hydrogen-bond acceptors (Lipinski definition) is 4. The molecular formula is C18H25N5O2. The van der Waals surface area contributed by atoms with Crippen LogP contribution in [0.3, 0.4) is 0 Å². The van der Waals surface area contributed by atoms with E-state index in [0.29, 0.717) is 18.7 Å². The first kappa shape index (κ1) is 17.4. The van der Waals surface area contributed by atoms with Crippen molar-refractivity contribution in [3.8, 4) is 11.4 Å².